The van der Waals surface area contributed by atoms with Crippen LogP contribution in [0.1, 0.15) is 25.7 Å². The lowest BCUT2D eigenvalue weighted by atomic mass is 10.0. The first-order valence-electron chi connectivity index (χ1n) is 5.92. The molecule has 2 rings (SSSR count). The molecule has 0 bridgehead atoms. The smallest absolute Gasteiger partial charge is 0.129 e. The Kier molecular flexibility index (Phi) is 3.94. The monoisotopic (exact) mass is 242 g/mol. The Morgan fingerprint density at radius 3 is 2.47 bits per heavy atom. The molecule has 94 valence electrons. The second-order valence-corrected chi connectivity index (χ2v) is 4.50. The van der Waals surface area contributed by atoms with E-state index in [2.05, 4.69) is 0 Å². The van der Waals surface area contributed by atoms with Crippen LogP contribution in [0.3, 0.4) is 0 Å². The number of halogens is 2. The second-order valence-electron chi connectivity index (χ2n) is 4.50. The summed E-state index contributed by atoms with van der Waals surface area (Å²) in [6, 6.07) is 3.13. The van der Waals surface area contributed by atoms with E-state index in [0.717, 1.165) is 43.9 Å². The van der Waals surface area contributed by atoms with Crippen molar-refractivity contribution in [1.82, 2.24) is 0 Å². The molecule has 0 amide bonds. The van der Waals surface area contributed by atoms with Gasteiger partial charge in [0.15, 0.2) is 0 Å². The highest BCUT2D eigenvalue weighted by Crippen LogP contribution is 2.28. The SMILES string of the molecule is OC1CCCC1CCOc1cc(F)cc(F)c1. The molecule has 1 aliphatic carbocycles. The zero-order valence-corrected chi connectivity index (χ0v) is 9.53. The number of ether oxygens (including phenoxy) is 1. The van der Waals surface area contributed by atoms with Crippen LogP contribution in [0.15, 0.2) is 18.2 Å². The van der Waals surface area contributed by atoms with Crippen molar-refractivity contribution in [3.8, 4) is 5.75 Å². The summed E-state index contributed by atoms with van der Waals surface area (Å²) < 4.78 is 31.0. The summed E-state index contributed by atoms with van der Waals surface area (Å²) in [6.45, 7) is 0.380. The summed E-state index contributed by atoms with van der Waals surface area (Å²) in [5.74, 6) is -0.815. The number of rotatable bonds is 4. The number of benzene rings is 1. The van der Waals surface area contributed by atoms with Gasteiger partial charge < -0.3 is 9.84 Å². The maximum atomic E-state index is 12.9. The van der Waals surface area contributed by atoms with E-state index in [9.17, 15) is 13.9 Å². The first kappa shape index (κ1) is 12.3. The quantitative estimate of drug-likeness (QED) is 0.879. The molecular formula is C13H16F2O2. The minimum atomic E-state index is -0.638. The van der Waals surface area contributed by atoms with Gasteiger partial charge in [-0.05, 0) is 25.2 Å². The van der Waals surface area contributed by atoms with E-state index in [1.165, 1.54) is 0 Å². The van der Waals surface area contributed by atoms with E-state index in [-0.39, 0.29) is 17.8 Å². The molecule has 1 saturated carbocycles. The minimum Gasteiger partial charge on any atom is -0.493 e. The summed E-state index contributed by atoms with van der Waals surface area (Å²) in [5, 5.41) is 9.60. The molecule has 2 atom stereocenters. The van der Waals surface area contributed by atoms with E-state index in [0.29, 0.717) is 6.61 Å². The van der Waals surface area contributed by atoms with Crippen molar-refractivity contribution in [3.05, 3.63) is 29.8 Å². The van der Waals surface area contributed by atoms with Crippen molar-refractivity contribution in [1.29, 1.82) is 0 Å². The molecule has 0 radical (unpaired) electrons. The Morgan fingerprint density at radius 1 is 1.18 bits per heavy atom. The van der Waals surface area contributed by atoms with Crippen LogP contribution in [0.4, 0.5) is 8.78 Å². The fourth-order valence-corrected chi connectivity index (χ4v) is 2.29. The van der Waals surface area contributed by atoms with Gasteiger partial charge in [0.2, 0.25) is 0 Å². The third-order valence-corrected chi connectivity index (χ3v) is 3.21. The Labute approximate surface area is 99.2 Å². The van der Waals surface area contributed by atoms with Crippen molar-refractivity contribution in [2.24, 2.45) is 5.92 Å². The lowest BCUT2D eigenvalue weighted by Gasteiger charge is -2.14. The average Bonchev–Trinajstić information content (AvgIpc) is 2.63. The molecule has 0 heterocycles. The van der Waals surface area contributed by atoms with Gasteiger partial charge in [0.05, 0.1) is 12.7 Å². The Morgan fingerprint density at radius 2 is 1.88 bits per heavy atom. The van der Waals surface area contributed by atoms with Gasteiger partial charge in [-0.25, -0.2) is 8.78 Å². The van der Waals surface area contributed by atoms with Crippen LogP contribution in [-0.4, -0.2) is 17.8 Å². The van der Waals surface area contributed by atoms with Crippen LogP contribution in [-0.2, 0) is 0 Å². The Balaban J connectivity index is 1.81. The third-order valence-electron chi connectivity index (χ3n) is 3.21. The van der Waals surface area contributed by atoms with Crippen molar-refractivity contribution in [3.63, 3.8) is 0 Å². The van der Waals surface area contributed by atoms with E-state index in [4.69, 9.17) is 4.74 Å². The molecule has 1 fully saturated rings. The predicted molar refractivity (Wildman–Crippen MR) is 59.8 cm³/mol. The second kappa shape index (κ2) is 5.45. The average molecular weight is 242 g/mol. The molecule has 0 spiro atoms. The lowest BCUT2D eigenvalue weighted by Crippen LogP contribution is -2.16. The molecule has 0 aliphatic heterocycles. The molecule has 1 aliphatic rings. The number of aliphatic hydroxyl groups excluding tert-OH is 1. The fourth-order valence-electron chi connectivity index (χ4n) is 2.29. The molecule has 1 N–H and O–H groups in total. The van der Waals surface area contributed by atoms with Crippen LogP contribution >= 0.6 is 0 Å². The van der Waals surface area contributed by atoms with E-state index in [1.807, 2.05) is 0 Å². The minimum absolute atomic E-state index is 0.204. The van der Waals surface area contributed by atoms with Crippen molar-refractivity contribution in [2.45, 2.75) is 31.8 Å². The highest BCUT2D eigenvalue weighted by Gasteiger charge is 2.24. The van der Waals surface area contributed by atoms with Crippen LogP contribution in [0.25, 0.3) is 0 Å². The Hall–Kier alpha value is -1.16. The summed E-state index contributed by atoms with van der Waals surface area (Å²) in [5.41, 5.74) is 0. The molecule has 1 aromatic carbocycles. The van der Waals surface area contributed by atoms with Gasteiger partial charge in [0, 0.05) is 18.2 Å². The van der Waals surface area contributed by atoms with Crippen LogP contribution in [0, 0.1) is 17.6 Å². The van der Waals surface area contributed by atoms with Gasteiger partial charge >= 0.3 is 0 Å². The molecule has 2 unspecified atom stereocenters. The van der Waals surface area contributed by atoms with Gasteiger partial charge in [-0.1, -0.05) is 6.42 Å². The van der Waals surface area contributed by atoms with Crippen LogP contribution in [0.5, 0.6) is 5.75 Å². The van der Waals surface area contributed by atoms with Crippen LogP contribution in [0.2, 0.25) is 0 Å². The topological polar surface area (TPSA) is 29.5 Å². The van der Waals surface area contributed by atoms with E-state index in [1.54, 1.807) is 0 Å². The maximum Gasteiger partial charge on any atom is 0.129 e. The lowest BCUT2D eigenvalue weighted by molar-refractivity contribution is 0.116. The third kappa shape index (κ3) is 3.40. The first-order chi connectivity index (χ1) is 8.15. The van der Waals surface area contributed by atoms with Crippen molar-refractivity contribution in [2.75, 3.05) is 6.61 Å². The molecule has 0 aromatic heterocycles. The maximum absolute atomic E-state index is 12.9. The zero-order chi connectivity index (χ0) is 12.3. The summed E-state index contributed by atoms with van der Waals surface area (Å²) in [6.07, 6.45) is 3.36. The van der Waals surface area contributed by atoms with Crippen molar-refractivity contribution < 1.29 is 18.6 Å². The number of aliphatic hydroxyl groups is 1. The largest absolute Gasteiger partial charge is 0.493 e. The number of hydrogen-bond donors (Lipinski definition) is 1. The first-order valence-corrected chi connectivity index (χ1v) is 5.92. The van der Waals surface area contributed by atoms with E-state index < -0.39 is 11.6 Å². The van der Waals surface area contributed by atoms with Crippen molar-refractivity contribution >= 4 is 0 Å². The molecule has 2 nitrogen and oxygen atoms in total. The standard InChI is InChI=1S/C13H16F2O2/c14-10-6-11(15)8-12(7-10)17-5-4-9-2-1-3-13(9)16/h6-9,13,16H,1-5H2. The van der Waals surface area contributed by atoms with Crippen LogP contribution < -0.4 is 4.74 Å². The predicted octanol–water partition coefficient (Wildman–Crippen LogP) is 2.89. The highest BCUT2D eigenvalue weighted by atomic mass is 19.1. The molecular weight excluding hydrogens is 226 g/mol. The molecule has 4 heteroatoms. The van der Waals surface area contributed by atoms with Gasteiger partial charge in [-0.15, -0.1) is 0 Å². The van der Waals surface area contributed by atoms with Gasteiger partial charge in [0.1, 0.15) is 17.4 Å². The van der Waals surface area contributed by atoms with Gasteiger partial charge in [-0.2, -0.15) is 0 Å². The zero-order valence-electron chi connectivity index (χ0n) is 9.53. The summed E-state index contributed by atoms with van der Waals surface area (Å²) in [4.78, 5) is 0. The normalized spacial score (nSPS) is 23.9. The molecule has 17 heavy (non-hydrogen) atoms. The van der Waals surface area contributed by atoms with E-state index >= 15 is 0 Å². The van der Waals surface area contributed by atoms with Gasteiger partial charge in [-0.3, -0.25) is 0 Å². The fraction of sp³-hybridized carbons (Fsp3) is 0.538. The molecule has 0 saturated heterocycles. The number of hydrogen-bond acceptors (Lipinski definition) is 2. The summed E-state index contributed by atoms with van der Waals surface area (Å²) in [7, 11) is 0. The Bertz CT molecular complexity index is 361. The highest BCUT2D eigenvalue weighted by molar-refractivity contribution is 5.23. The van der Waals surface area contributed by atoms with Gasteiger partial charge in [0.25, 0.3) is 0 Å². The summed E-state index contributed by atoms with van der Waals surface area (Å²) >= 11 is 0. The molecule has 1 aromatic rings.